The smallest absolute Gasteiger partial charge is 0.183 e. The van der Waals surface area contributed by atoms with Crippen molar-refractivity contribution in [2.75, 3.05) is 19.0 Å². The van der Waals surface area contributed by atoms with E-state index in [0.29, 0.717) is 6.61 Å². The summed E-state index contributed by atoms with van der Waals surface area (Å²) in [4.78, 5) is 5.76. The summed E-state index contributed by atoms with van der Waals surface area (Å²) in [5.41, 5.74) is 2.17. The maximum atomic E-state index is 5.42. The van der Waals surface area contributed by atoms with Gasteiger partial charge in [-0.25, -0.2) is 4.98 Å². The second-order valence-corrected chi connectivity index (χ2v) is 4.83. The fraction of sp³-hybridized carbons (Fsp3) is 0.308. The van der Waals surface area contributed by atoms with Crippen LogP contribution >= 0.6 is 11.3 Å². The van der Waals surface area contributed by atoms with Gasteiger partial charge in [-0.1, -0.05) is 0 Å². The molecule has 90 valence electrons. The van der Waals surface area contributed by atoms with E-state index in [2.05, 4.69) is 17.2 Å². The zero-order chi connectivity index (χ0) is 12.3. The van der Waals surface area contributed by atoms with Gasteiger partial charge >= 0.3 is 0 Å². The lowest BCUT2D eigenvalue weighted by Gasteiger charge is -2.03. The van der Waals surface area contributed by atoms with Gasteiger partial charge < -0.3 is 10.1 Å². The van der Waals surface area contributed by atoms with Crippen LogP contribution in [0.3, 0.4) is 0 Å². The van der Waals surface area contributed by atoms with Crippen LogP contribution in [0.1, 0.15) is 11.8 Å². The molecule has 2 aromatic rings. The molecule has 2 rings (SSSR count). The van der Waals surface area contributed by atoms with E-state index in [4.69, 9.17) is 4.74 Å². The standard InChI is InChI=1S/C13H16N2OS/c1-4-16-11-7-5-10(6-8-11)12-9(2)17-13(14-3)15-12/h5-8H,4H2,1-3H3,(H,14,15). The van der Waals surface area contributed by atoms with E-state index in [0.717, 1.165) is 22.1 Å². The lowest BCUT2D eigenvalue weighted by molar-refractivity contribution is 0.340. The van der Waals surface area contributed by atoms with Gasteiger partial charge in [0, 0.05) is 17.5 Å². The number of thiazole rings is 1. The second-order valence-electron chi connectivity index (χ2n) is 3.63. The van der Waals surface area contributed by atoms with E-state index >= 15 is 0 Å². The van der Waals surface area contributed by atoms with Gasteiger partial charge in [-0.2, -0.15) is 0 Å². The average Bonchev–Trinajstić information content (AvgIpc) is 2.72. The van der Waals surface area contributed by atoms with Crippen LogP contribution in [0.25, 0.3) is 11.3 Å². The molecule has 1 aromatic heterocycles. The molecule has 4 heteroatoms. The lowest BCUT2D eigenvalue weighted by Crippen LogP contribution is -1.91. The van der Waals surface area contributed by atoms with Crippen molar-refractivity contribution in [3.8, 4) is 17.0 Å². The number of nitrogens with one attached hydrogen (secondary N) is 1. The minimum atomic E-state index is 0.693. The van der Waals surface area contributed by atoms with Gasteiger partial charge in [-0.3, -0.25) is 0 Å². The second kappa shape index (κ2) is 5.19. The van der Waals surface area contributed by atoms with Gasteiger partial charge in [-0.05, 0) is 38.1 Å². The average molecular weight is 248 g/mol. The number of anilines is 1. The molecule has 0 radical (unpaired) electrons. The number of benzene rings is 1. The number of hydrogen-bond donors (Lipinski definition) is 1. The lowest BCUT2D eigenvalue weighted by atomic mass is 10.1. The molecule has 0 saturated heterocycles. The first kappa shape index (κ1) is 11.9. The molecule has 17 heavy (non-hydrogen) atoms. The van der Waals surface area contributed by atoms with Crippen molar-refractivity contribution in [3.05, 3.63) is 29.1 Å². The van der Waals surface area contributed by atoms with Crippen LogP contribution in [0.2, 0.25) is 0 Å². The molecule has 0 unspecified atom stereocenters. The van der Waals surface area contributed by atoms with Gasteiger partial charge in [0.05, 0.1) is 12.3 Å². The highest BCUT2D eigenvalue weighted by atomic mass is 32.1. The van der Waals surface area contributed by atoms with Crippen molar-refractivity contribution in [2.45, 2.75) is 13.8 Å². The van der Waals surface area contributed by atoms with Gasteiger partial charge in [0.2, 0.25) is 0 Å². The molecule has 1 N–H and O–H groups in total. The zero-order valence-corrected chi connectivity index (χ0v) is 11.1. The molecule has 0 spiro atoms. The Labute approximate surface area is 105 Å². The Morgan fingerprint density at radius 2 is 2.00 bits per heavy atom. The van der Waals surface area contributed by atoms with Gasteiger partial charge in [0.1, 0.15) is 5.75 Å². The Morgan fingerprint density at radius 1 is 1.29 bits per heavy atom. The molecular weight excluding hydrogens is 232 g/mol. The molecule has 0 fully saturated rings. The maximum Gasteiger partial charge on any atom is 0.183 e. The van der Waals surface area contributed by atoms with Gasteiger partial charge in [0.25, 0.3) is 0 Å². The van der Waals surface area contributed by atoms with Crippen molar-refractivity contribution in [1.82, 2.24) is 4.98 Å². The minimum absolute atomic E-state index is 0.693. The third-order valence-electron chi connectivity index (χ3n) is 2.45. The van der Waals surface area contributed by atoms with E-state index < -0.39 is 0 Å². The molecule has 1 aromatic carbocycles. The van der Waals surface area contributed by atoms with Crippen LogP contribution in [0.15, 0.2) is 24.3 Å². The van der Waals surface area contributed by atoms with Crippen LogP contribution in [0, 0.1) is 6.92 Å². The molecule has 0 amide bonds. The van der Waals surface area contributed by atoms with E-state index in [1.165, 1.54) is 4.88 Å². The Bertz CT molecular complexity index is 491. The fourth-order valence-electron chi connectivity index (χ4n) is 1.65. The normalized spacial score (nSPS) is 10.3. The van der Waals surface area contributed by atoms with Crippen molar-refractivity contribution < 1.29 is 4.74 Å². The van der Waals surface area contributed by atoms with Crippen molar-refractivity contribution in [2.24, 2.45) is 0 Å². The molecular formula is C13H16N2OS. The number of nitrogens with zero attached hydrogens (tertiary/aromatic N) is 1. The molecule has 0 aliphatic rings. The van der Waals surface area contributed by atoms with Gasteiger partial charge in [-0.15, -0.1) is 11.3 Å². The molecule has 1 heterocycles. The highest BCUT2D eigenvalue weighted by Gasteiger charge is 2.08. The summed E-state index contributed by atoms with van der Waals surface area (Å²) in [5, 5.41) is 4.02. The summed E-state index contributed by atoms with van der Waals surface area (Å²) >= 11 is 1.67. The number of aromatic nitrogens is 1. The number of ether oxygens (including phenoxy) is 1. The zero-order valence-electron chi connectivity index (χ0n) is 10.3. The third-order valence-corrected chi connectivity index (χ3v) is 3.44. The van der Waals surface area contributed by atoms with Crippen molar-refractivity contribution >= 4 is 16.5 Å². The molecule has 0 aliphatic heterocycles. The van der Waals surface area contributed by atoms with Crippen LogP contribution in [-0.4, -0.2) is 18.6 Å². The van der Waals surface area contributed by atoms with E-state index in [-0.39, 0.29) is 0 Å². The first-order valence-corrected chi connectivity index (χ1v) is 6.44. The predicted octanol–water partition coefficient (Wildman–Crippen LogP) is 3.56. The highest BCUT2D eigenvalue weighted by Crippen LogP contribution is 2.30. The maximum absolute atomic E-state index is 5.42. The Kier molecular flexibility index (Phi) is 3.64. The van der Waals surface area contributed by atoms with Crippen molar-refractivity contribution in [1.29, 1.82) is 0 Å². The highest BCUT2D eigenvalue weighted by molar-refractivity contribution is 7.15. The minimum Gasteiger partial charge on any atom is -0.494 e. The number of rotatable bonds is 4. The molecule has 3 nitrogen and oxygen atoms in total. The summed E-state index contributed by atoms with van der Waals surface area (Å²) < 4.78 is 5.42. The number of aryl methyl sites for hydroxylation is 1. The Morgan fingerprint density at radius 3 is 2.53 bits per heavy atom. The topological polar surface area (TPSA) is 34.1 Å². The molecule has 0 atom stereocenters. The van der Waals surface area contributed by atoms with Crippen LogP contribution < -0.4 is 10.1 Å². The first-order chi connectivity index (χ1) is 8.24. The summed E-state index contributed by atoms with van der Waals surface area (Å²) in [6, 6.07) is 8.06. The largest absolute Gasteiger partial charge is 0.494 e. The molecule has 0 bridgehead atoms. The molecule has 0 aliphatic carbocycles. The van der Waals surface area contributed by atoms with Crippen LogP contribution in [-0.2, 0) is 0 Å². The summed E-state index contributed by atoms with van der Waals surface area (Å²) in [7, 11) is 1.89. The van der Waals surface area contributed by atoms with Crippen LogP contribution in [0.5, 0.6) is 5.75 Å². The summed E-state index contributed by atoms with van der Waals surface area (Å²) in [6.07, 6.45) is 0. The van der Waals surface area contributed by atoms with Crippen molar-refractivity contribution in [3.63, 3.8) is 0 Å². The summed E-state index contributed by atoms with van der Waals surface area (Å²) in [5.74, 6) is 0.901. The summed E-state index contributed by atoms with van der Waals surface area (Å²) in [6.45, 7) is 4.76. The van der Waals surface area contributed by atoms with E-state index in [1.807, 2.05) is 38.2 Å². The number of hydrogen-bond acceptors (Lipinski definition) is 4. The third kappa shape index (κ3) is 2.58. The fourth-order valence-corrected chi connectivity index (χ4v) is 2.44. The Hall–Kier alpha value is -1.55. The van der Waals surface area contributed by atoms with Gasteiger partial charge in [0.15, 0.2) is 5.13 Å². The first-order valence-electron chi connectivity index (χ1n) is 5.63. The van der Waals surface area contributed by atoms with E-state index in [9.17, 15) is 0 Å². The van der Waals surface area contributed by atoms with E-state index in [1.54, 1.807) is 11.3 Å². The quantitative estimate of drug-likeness (QED) is 0.898. The predicted molar refractivity (Wildman–Crippen MR) is 73.0 cm³/mol. The Balaban J connectivity index is 2.29. The SMILES string of the molecule is CCOc1ccc(-c2nc(NC)sc2C)cc1. The molecule has 0 saturated carbocycles. The monoisotopic (exact) mass is 248 g/mol. The van der Waals surface area contributed by atoms with Crippen LogP contribution in [0.4, 0.5) is 5.13 Å².